The van der Waals surface area contributed by atoms with Crippen molar-refractivity contribution in [3.05, 3.63) is 6.92 Å². The summed E-state index contributed by atoms with van der Waals surface area (Å²) in [6.45, 7) is 3.87. The molecule has 1 radical (unpaired) electrons. The van der Waals surface area contributed by atoms with Crippen molar-refractivity contribution >= 4 is 23.5 Å². The van der Waals surface area contributed by atoms with Gasteiger partial charge >= 0.3 is 0 Å². The Bertz CT molecular complexity index is 57.5. The summed E-state index contributed by atoms with van der Waals surface area (Å²) in [6, 6.07) is 0. The molecule has 0 amide bonds. The first-order valence-electron chi connectivity index (χ1n) is 2.96. The first-order valence-corrected chi connectivity index (χ1v) is 5.05. The standard InChI is InChI=1S/C6H11S2/c1-2-6-7-4-3-5-8-6/h6H,1-5H2. The van der Waals surface area contributed by atoms with Gasteiger partial charge in [-0.05, 0) is 24.3 Å². The molecule has 1 heterocycles. The molecule has 0 spiro atoms. The smallest absolute Gasteiger partial charge is 0.0502 e. The van der Waals surface area contributed by atoms with Gasteiger partial charge in [0.05, 0.1) is 4.58 Å². The van der Waals surface area contributed by atoms with E-state index in [1.807, 2.05) is 0 Å². The van der Waals surface area contributed by atoms with Crippen LogP contribution in [0.2, 0.25) is 0 Å². The quantitative estimate of drug-likeness (QED) is 0.558. The summed E-state index contributed by atoms with van der Waals surface area (Å²) >= 11 is 4.13. The van der Waals surface area contributed by atoms with Gasteiger partial charge in [0.25, 0.3) is 0 Å². The first kappa shape index (κ1) is 6.81. The summed E-state index contributed by atoms with van der Waals surface area (Å²) in [7, 11) is 0. The van der Waals surface area contributed by atoms with Crippen LogP contribution in [0.1, 0.15) is 12.8 Å². The van der Waals surface area contributed by atoms with Crippen LogP contribution in [0.15, 0.2) is 0 Å². The minimum atomic E-state index is 0.809. The van der Waals surface area contributed by atoms with Gasteiger partial charge in [-0.25, -0.2) is 0 Å². The molecular formula is C6H11S2. The van der Waals surface area contributed by atoms with Gasteiger partial charge in [0.1, 0.15) is 0 Å². The third kappa shape index (κ3) is 1.90. The van der Waals surface area contributed by atoms with Crippen molar-refractivity contribution in [2.75, 3.05) is 11.5 Å². The molecule has 0 atom stereocenters. The first-order chi connectivity index (χ1) is 3.93. The maximum atomic E-state index is 3.87. The molecule has 1 aliphatic rings. The van der Waals surface area contributed by atoms with Crippen LogP contribution < -0.4 is 0 Å². The molecule has 0 nitrogen and oxygen atoms in total. The van der Waals surface area contributed by atoms with Crippen LogP contribution in [0.5, 0.6) is 0 Å². The third-order valence-corrected chi connectivity index (χ3v) is 4.21. The van der Waals surface area contributed by atoms with Crippen LogP contribution in [-0.2, 0) is 0 Å². The van der Waals surface area contributed by atoms with Crippen molar-refractivity contribution in [3.8, 4) is 0 Å². The molecule has 1 rings (SSSR count). The highest BCUT2D eigenvalue weighted by Crippen LogP contribution is 2.31. The fourth-order valence-electron chi connectivity index (χ4n) is 0.703. The zero-order valence-electron chi connectivity index (χ0n) is 4.93. The lowest BCUT2D eigenvalue weighted by atomic mass is 10.5. The van der Waals surface area contributed by atoms with Crippen LogP contribution in [0, 0.1) is 6.92 Å². The van der Waals surface area contributed by atoms with Gasteiger partial charge in [0, 0.05) is 0 Å². The van der Waals surface area contributed by atoms with Crippen LogP contribution in [0.4, 0.5) is 0 Å². The lowest BCUT2D eigenvalue weighted by molar-refractivity contribution is 1.07. The molecule has 0 unspecified atom stereocenters. The van der Waals surface area contributed by atoms with Gasteiger partial charge in [0.2, 0.25) is 0 Å². The van der Waals surface area contributed by atoms with Crippen LogP contribution >= 0.6 is 23.5 Å². The number of hydrogen-bond acceptors (Lipinski definition) is 2. The molecule has 0 bridgehead atoms. The van der Waals surface area contributed by atoms with E-state index < -0.39 is 0 Å². The molecule has 8 heavy (non-hydrogen) atoms. The van der Waals surface area contributed by atoms with Crippen molar-refractivity contribution in [2.45, 2.75) is 17.4 Å². The van der Waals surface area contributed by atoms with E-state index in [0.29, 0.717) is 0 Å². The molecule has 0 aromatic carbocycles. The average molecular weight is 147 g/mol. The molecule has 0 N–H and O–H groups in total. The predicted octanol–water partition coefficient (Wildman–Crippen LogP) is 2.41. The van der Waals surface area contributed by atoms with Crippen LogP contribution in [-0.4, -0.2) is 16.1 Å². The Morgan fingerprint density at radius 1 is 1.38 bits per heavy atom. The lowest BCUT2D eigenvalue weighted by Crippen LogP contribution is -2.04. The number of rotatable bonds is 1. The van der Waals surface area contributed by atoms with E-state index in [2.05, 4.69) is 30.4 Å². The van der Waals surface area contributed by atoms with E-state index in [4.69, 9.17) is 0 Å². The van der Waals surface area contributed by atoms with Crippen molar-refractivity contribution in [3.63, 3.8) is 0 Å². The largest absolute Gasteiger partial charge is 0.148 e. The molecule has 1 saturated heterocycles. The summed E-state index contributed by atoms with van der Waals surface area (Å²) < 4.78 is 0.809. The Morgan fingerprint density at radius 2 is 2.00 bits per heavy atom. The van der Waals surface area contributed by atoms with E-state index in [1.54, 1.807) is 0 Å². The van der Waals surface area contributed by atoms with E-state index in [-0.39, 0.29) is 0 Å². The molecular weight excluding hydrogens is 136 g/mol. The van der Waals surface area contributed by atoms with Gasteiger partial charge in [-0.2, -0.15) is 0 Å². The van der Waals surface area contributed by atoms with Crippen molar-refractivity contribution in [2.24, 2.45) is 0 Å². The zero-order chi connectivity index (χ0) is 5.82. The highest BCUT2D eigenvalue weighted by molar-refractivity contribution is 8.17. The molecule has 0 aromatic rings. The molecule has 0 aliphatic carbocycles. The summed E-state index contributed by atoms with van der Waals surface area (Å²) in [5, 5.41) is 0. The topological polar surface area (TPSA) is 0 Å². The van der Waals surface area contributed by atoms with Gasteiger partial charge in [-0.15, -0.1) is 23.5 Å². The Kier molecular flexibility index (Phi) is 3.13. The van der Waals surface area contributed by atoms with Crippen molar-refractivity contribution < 1.29 is 0 Å². The highest BCUT2D eigenvalue weighted by Gasteiger charge is 2.10. The zero-order valence-corrected chi connectivity index (χ0v) is 6.56. The summed E-state index contributed by atoms with van der Waals surface area (Å²) in [4.78, 5) is 0. The molecule has 1 aliphatic heterocycles. The fourth-order valence-corrected chi connectivity index (χ4v) is 3.33. The van der Waals surface area contributed by atoms with Crippen molar-refractivity contribution in [1.29, 1.82) is 0 Å². The Balaban J connectivity index is 2.13. The number of thioether (sulfide) groups is 2. The second-order valence-corrected chi connectivity index (χ2v) is 4.73. The van der Waals surface area contributed by atoms with Gasteiger partial charge in [-0.3, -0.25) is 0 Å². The second-order valence-electron chi connectivity index (χ2n) is 1.81. The Hall–Kier alpha value is 0.700. The second kappa shape index (κ2) is 3.67. The van der Waals surface area contributed by atoms with Crippen LogP contribution in [0.3, 0.4) is 0 Å². The SMILES string of the molecule is [CH2]CC1SCCCS1. The lowest BCUT2D eigenvalue weighted by Gasteiger charge is -2.18. The third-order valence-electron chi connectivity index (χ3n) is 1.13. The molecule has 2 heteroatoms. The average Bonchev–Trinajstić information content (AvgIpc) is 1.90. The molecule has 1 fully saturated rings. The monoisotopic (exact) mass is 147 g/mol. The van der Waals surface area contributed by atoms with Gasteiger partial charge in [0.15, 0.2) is 0 Å². The van der Waals surface area contributed by atoms with E-state index in [9.17, 15) is 0 Å². The van der Waals surface area contributed by atoms with E-state index in [1.165, 1.54) is 17.9 Å². The molecule has 47 valence electrons. The summed E-state index contributed by atoms with van der Waals surface area (Å²) in [5.41, 5.74) is 0. The molecule has 0 saturated carbocycles. The van der Waals surface area contributed by atoms with Crippen molar-refractivity contribution in [1.82, 2.24) is 0 Å². The number of hydrogen-bond donors (Lipinski definition) is 0. The predicted molar refractivity (Wildman–Crippen MR) is 43.3 cm³/mol. The minimum Gasteiger partial charge on any atom is -0.148 e. The van der Waals surface area contributed by atoms with Gasteiger partial charge < -0.3 is 0 Å². The summed E-state index contributed by atoms with van der Waals surface area (Å²) in [5.74, 6) is 2.71. The Morgan fingerprint density at radius 3 is 2.38 bits per heavy atom. The highest BCUT2D eigenvalue weighted by atomic mass is 32.2. The van der Waals surface area contributed by atoms with Crippen LogP contribution in [0.25, 0.3) is 0 Å². The Labute approximate surface area is 59.8 Å². The normalized spacial score (nSPS) is 23.6. The molecule has 0 aromatic heterocycles. The maximum absolute atomic E-state index is 3.87. The fraction of sp³-hybridized carbons (Fsp3) is 0.833. The maximum Gasteiger partial charge on any atom is 0.0502 e. The van der Waals surface area contributed by atoms with E-state index in [0.717, 1.165) is 11.0 Å². The minimum absolute atomic E-state index is 0.809. The summed E-state index contributed by atoms with van der Waals surface area (Å²) in [6.07, 6.45) is 2.49. The van der Waals surface area contributed by atoms with Gasteiger partial charge in [-0.1, -0.05) is 6.92 Å². The van der Waals surface area contributed by atoms with E-state index >= 15 is 0 Å².